The van der Waals surface area contributed by atoms with Crippen LogP contribution in [0.3, 0.4) is 0 Å². The molecule has 1 saturated heterocycles. The van der Waals surface area contributed by atoms with Crippen LogP contribution in [0.5, 0.6) is 0 Å². The number of rotatable bonds is 4. The van der Waals surface area contributed by atoms with Crippen LogP contribution in [0, 0.1) is 23.2 Å². The largest absolute Gasteiger partial charge is 0.370 e. The normalized spacial score (nSPS) is 28.4. The van der Waals surface area contributed by atoms with E-state index in [0.717, 1.165) is 12.8 Å². The topological polar surface area (TPSA) is 50.1 Å². The third kappa shape index (κ3) is 2.33. The van der Waals surface area contributed by atoms with E-state index in [1.807, 2.05) is 13.8 Å². The first-order chi connectivity index (χ1) is 6.70. The molecule has 1 heterocycles. The van der Waals surface area contributed by atoms with Gasteiger partial charge in [0.25, 0.3) is 0 Å². The van der Waals surface area contributed by atoms with Crippen molar-refractivity contribution in [2.45, 2.75) is 39.2 Å². The Morgan fingerprint density at radius 1 is 1.71 bits per heavy atom. The Bertz CT molecular complexity index is 244. The second kappa shape index (κ2) is 5.11. The number of carbonyl (C=O) groups is 1. The highest BCUT2D eigenvalue weighted by molar-refractivity contribution is 5.87. The van der Waals surface area contributed by atoms with E-state index in [1.165, 1.54) is 0 Å². The van der Waals surface area contributed by atoms with E-state index in [-0.39, 0.29) is 17.8 Å². The Kier molecular flexibility index (Phi) is 4.09. The van der Waals surface area contributed by atoms with Gasteiger partial charge in [0.1, 0.15) is 12.0 Å². The second-order valence-electron chi connectivity index (χ2n) is 3.93. The van der Waals surface area contributed by atoms with Crippen molar-refractivity contribution in [3.63, 3.8) is 0 Å². The van der Waals surface area contributed by atoms with E-state index in [4.69, 9.17) is 10.00 Å². The lowest BCUT2D eigenvalue weighted by atomic mass is 9.90. The summed E-state index contributed by atoms with van der Waals surface area (Å²) in [4.78, 5) is 11.8. The van der Waals surface area contributed by atoms with Gasteiger partial charge in [-0.1, -0.05) is 20.3 Å². The van der Waals surface area contributed by atoms with Crippen molar-refractivity contribution in [3.8, 4) is 6.07 Å². The first-order valence-corrected chi connectivity index (χ1v) is 5.25. The molecule has 3 nitrogen and oxygen atoms in total. The zero-order chi connectivity index (χ0) is 10.6. The summed E-state index contributed by atoms with van der Waals surface area (Å²) in [5.41, 5.74) is 0. The molecule has 3 heteroatoms. The second-order valence-corrected chi connectivity index (χ2v) is 3.93. The number of Topliss-reactive ketones (excluding diaryl/α,β-unsaturated/α-hetero) is 1. The van der Waals surface area contributed by atoms with E-state index in [2.05, 4.69) is 6.07 Å². The first kappa shape index (κ1) is 11.2. The van der Waals surface area contributed by atoms with E-state index in [0.29, 0.717) is 13.0 Å². The van der Waals surface area contributed by atoms with E-state index < -0.39 is 5.92 Å². The monoisotopic (exact) mass is 195 g/mol. The van der Waals surface area contributed by atoms with Crippen LogP contribution in [-0.2, 0) is 9.53 Å². The molecule has 1 aliphatic heterocycles. The molecular formula is C11H17NO2. The molecule has 14 heavy (non-hydrogen) atoms. The molecule has 78 valence electrons. The van der Waals surface area contributed by atoms with Crippen molar-refractivity contribution >= 4 is 5.78 Å². The lowest BCUT2D eigenvalue weighted by Crippen LogP contribution is -2.30. The molecule has 0 aliphatic carbocycles. The molecule has 0 bridgehead atoms. The van der Waals surface area contributed by atoms with Crippen LogP contribution in [0.2, 0.25) is 0 Å². The molecule has 1 fully saturated rings. The van der Waals surface area contributed by atoms with Crippen LogP contribution in [-0.4, -0.2) is 18.5 Å². The maximum Gasteiger partial charge on any atom is 0.178 e. The molecule has 0 spiro atoms. The molecular weight excluding hydrogens is 178 g/mol. The van der Waals surface area contributed by atoms with Gasteiger partial charge in [0.15, 0.2) is 5.78 Å². The molecule has 0 aromatic carbocycles. The lowest BCUT2D eigenvalue weighted by molar-refractivity contribution is -0.131. The number of ether oxygens (including phenoxy) is 1. The van der Waals surface area contributed by atoms with Crippen molar-refractivity contribution in [2.24, 2.45) is 11.8 Å². The zero-order valence-electron chi connectivity index (χ0n) is 8.82. The van der Waals surface area contributed by atoms with Crippen LogP contribution < -0.4 is 0 Å². The van der Waals surface area contributed by atoms with Crippen molar-refractivity contribution < 1.29 is 9.53 Å². The van der Waals surface area contributed by atoms with Gasteiger partial charge in [0.05, 0.1) is 6.07 Å². The molecule has 0 saturated carbocycles. The molecule has 0 N–H and O–H groups in total. The van der Waals surface area contributed by atoms with Crippen molar-refractivity contribution in [1.82, 2.24) is 0 Å². The van der Waals surface area contributed by atoms with Gasteiger partial charge in [-0.15, -0.1) is 0 Å². The highest BCUT2D eigenvalue weighted by Crippen LogP contribution is 2.24. The summed E-state index contributed by atoms with van der Waals surface area (Å²) in [6, 6.07) is 2.07. The van der Waals surface area contributed by atoms with Gasteiger partial charge in [-0.25, -0.2) is 0 Å². The van der Waals surface area contributed by atoms with E-state index in [9.17, 15) is 4.79 Å². The number of hydrogen-bond acceptors (Lipinski definition) is 3. The molecule has 0 amide bonds. The number of ketones is 1. The summed E-state index contributed by atoms with van der Waals surface area (Å²) in [7, 11) is 0. The number of hydrogen-bond donors (Lipinski definition) is 0. The third-order valence-electron chi connectivity index (χ3n) is 2.74. The van der Waals surface area contributed by atoms with Gasteiger partial charge in [0.2, 0.25) is 0 Å². The van der Waals surface area contributed by atoms with Gasteiger partial charge in [0, 0.05) is 6.61 Å². The van der Waals surface area contributed by atoms with Gasteiger partial charge in [-0.2, -0.15) is 5.26 Å². The number of nitrogens with zero attached hydrogens (tertiary/aromatic N) is 1. The Labute approximate surface area is 85.1 Å². The molecule has 0 aromatic heterocycles. The number of nitriles is 1. The average molecular weight is 195 g/mol. The zero-order valence-corrected chi connectivity index (χ0v) is 8.82. The SMILES string of the molecule is CCCC(C#N)C(=O)C1OCCC1C. The summed E-state index contributed by atoms with van der Waals surface area (Å²) in [5, 5.41) is 8.85. The molecule has 1 rings (SSSR count). The average Bonchev–Trinajstić information content (AvgIpc) is 2.59. The van der Waals surface area contributed by atoms with Crippen molar-refractivity contribution in [2.75, 3.05) is 6.61 Å². The lowest BCUT2D eigenvalue weighted by Gasteiger charge is -2.15. The fourth-order valence-corrected chi connectivity index (χ4v) is 1.82. The third-order valence-corrected chi connectivity index (χ3v) is 2.74. The smallest absolute Gasteiger partial charge is 0.178 e. The summed E-state index contributed by atoms with van der Waals surface area (Å²) >= 11 is 0. The van der Waals surface area contributed by atoms with Crippen molar-refractivity contribution in [3.05, 3.63) is 0 Å². The Balaban J connectivity index is 2.58. The molecule has 3 unspecified atom stereocenters. The fourth-order valence-electron chi connectivity index (χ4n) is 1.82. The maximum atomic E-state index is 11.8. The van der Waals surface area contributed by atoms with Crippen LogP contribution >= 0.6 is 0 Å². The first-order valence-electron chi connectivity index (χ1n) is 5.25. The predicted molar refractivity (Wildman–Crippen MR) is 52.5 cm³/mol. The van der Waals surface area contributed by atoms with Gasteiger partial charge >= 0.3 is 0 Å². The van der Waals surface area contributed by atoms with Crippen LogP contribution in [0.15, 0.2) is 0 Å². The highest BCUT2D eigenvalue weighted by atomic mass is 16.5. The quantitative estimate of drug-likeness (QED) is 0.688. The fraction of sp³-hybridized carbons (Fsp3) is 0.818. The minimum Gasteiger partial charge on any atom is -0.370 e. The molecule has 0 aromatic rings. The van der Waals surface area contributed by atoms with Gasteiger partial charge in [-0.05, 0) is 18.8 Å². The molecule has 0 radical (unpaired) electrons. The standard InChI is InChI=1S/C11H17NO2/c1-3-4-9(7-12)10(13)11-8(2)5-6-14-11/h8-9,11H,3-6H2,1-2H3. The van der Waals surface area contributed by atoms with Crippen LogP contribution in [0.1, 0.15) is 33.1 Å². The maximum absolute atomic E-state index is 11.8. The summed E-state index contributed by atoms with van der Waals surface area (Å²) in [6.07, 6.45) is 2.12. The molecule has 3 atom stereocenters. The number of carbonyl (C=O) groups excluding carboxylic acids is 1. The predicted octanol–water partition coefficient (Wildman–Crippen LogP) is 1.92. The van der Waals surface area contributed by atoms with Crippen LogP contribution in [0.25, 0.3) is 0 Å². The summed E-state index contributed by atoms with van der Waals surface area (Å²) < 4.78 is 5.36. The van der Waals surface area contributed by atoms with E-state index in [1.54, 1.807) is 0 Å². The minimum atomic E-state index is -0.467. The Morgan fingerprint density at radius 2 is 2.43 bits per heavy atom. The van der Waals surface area contributed by atoms with Gasteiger partial charge in [-0.3, -0.25) is 4.79 Å². The molecule has 1 aliphatic rings. The highest BCUT2D eigenvalue weighted by Gasteiger charge is 2.34. The van der Waals surface area contributed by atoms with E-state index >= 15 is 0 Å². The summed E-state index contributed by atoms with van der Waals surface area (Å²) in [6.45, 7) is 4.65. The van der Waals surface area contributed by atoms with Gasteiger partial charge < -0.3 is 4.74 Å². The van der Waals surface area contributed by atoms with Crippen LogP contribution in [0.4, 0.5) is 0 Å². The minimum absolute atomic E-state index is 0.0145. The summed E-state index contributed by atoms with van der Waals surface area (Å²) in [5.74, 6) is -0.208. The Hall–Kier alpha value is -0.880. The van der Waals surface area contributed by atoms with Crippen molar-refractivity contribution in [1.29, 1.82) is 5.26 Å². The Morgan fingerprint density at radius 3 is 2.86 bits per heavy atom.